The van der Waals surface area contributed by atoms with Gasteiger partial charge in [0.05, 0.1) is 19.3 Å². The van der Waals surface area contributed by atoms with Gasteiger partial charge in [-0.25, -0.2) is 4.39 Å². The maximum atomic E-state index is 13.5. The summed E-state index contributed by atoms with van der Waals surface area (Å²) in [5, 5.41) is 3.24. The van der Waals surface area contributed by atoms with Gasteiger partial charge >= 0.3 is 0 Å². The van der Waals surface area contributed by atoms with E-state index in [2.05, 4.69) is 27.9 Å². The molecule has 1 fully saturated rings. The van der Waals surface area contributed by atoms with Gasteiger partial charge in [-0.15, -0.1) is 0 Å². The molecule has 1 N–H and O–H groups in total. The molecule has 0 aliphatic carbocycles. The van der Waals surface area contributed by atoms with Crippen molar-refractivity contribution < 1.29 is 9.13 Å². The molecule has 4 heteroatoms. The summed E-state index contributed by atoms with van der Waals surface area (Å²) in [4.78, 5) is 0. The molecule has 1 heterocycles. The maximum absolute atomic E-state index is 13.5. The van der Waals surface area contributed by atoms with Gasteiger partial charge in [-0.3, -0.25) is 0 Å². The lowest BCUT2D eigenvalue weighted by Gasteiger charge is -2.24. The van der Waals surface area contributed by atoms with Crippen LogP contribution in [0.4, 0.5) is 4.39 Å². The van der Waals surface area contributed by atoms with Crippen molar-refractivity contribution in [2.45, 2.75) is 6.04 Å². The van der Waals surface area contributed by atoms with Crippen molar-refractivity contribution in [1.82, 2.24) is 5.32 Å². The van der Waals surface area contributed by atoms with E-state index < -0.39 is 0 Å². The van der Waals surface area contributed by atoms with Crippen LogP contribution in [-0.4, -0.2) is 19.8 Å². The Labute approximate surface area is 96.0 Å². The lowest BCUT2D eigenvalue weighted by atomic mass is 10.1. The molecule has 1 atom stereocenters. The van der Waals surface area contributed by atoms with Gasteiger partial charge in [-0.2, -0.15) is 0 Å². The smallest absolute Gasteiger partial charge is 0.128 e. The molecule has 0 unspecified atom stereocenters. The fraction of sp³-hybridized carbons (Fsp3) is 0.400. The largest absolute Gasteiger partial charge is 0.378 e. The topological polar surface area (TPSA) is 21.3 Å². The van der Waals surface area contributed by atoms with E-state index in [9.17, 15) is 4.39 Å². The van der Waals surface area contributed by atoms with Crippen LogP contribution < -0.4 is 5.32 Å². The van der Waals surface area contributed by atoms with Crippen LogP contribution >= 0.6 is 22.6 Å². The number of ether oxygens (including phenoxy) is 1. The summed E-state index contributed by atoms with van der Waals surface area (Å²) in [6, 6.07) is 5.14. The Morgan fingerprint density at radius 2 is 2.36 bits per heavy atom. The van der Waals surface area contributed by atoms with Crippen LogP contribution in [0.5, 0.6) is 0 Å². The molecule has 1 saturated heterocycles. The van der Waals surface area contributed by atoms with E-state index in [1.165, 1.54) is 6.07 Å². The normalized spacial score (nSPS) is 22.3. The zero-order chi connectivity index (χ0) is 9.97. The van der Waals surface area contributed by atoms with Gasteiger partial charge in [0, 0.05) is 15.7 Å². The second kappa shape index (κ2) is 4.55. The first kappa shape index (κ1) is 10.3. The predicted octanol–water partition coefficient (Wildman–Crippen LogP) is 2.09. The molecule has 1 aliphatic heterocycles. The molecule has 0 aromatic heterocycles. The molecule has 1 aromatic rings. The van der Waals surface area contributed by atoms with E-state index in [0.717, 1.165) is 10.1 Å². The van der Waals surface area contributed by atoms with Crippen molar-refractivity contribution in [2.24, 2.45) is 0 Å². The highest BCUT2D eigenvalue weighted by Gasteiger charge is 2.18. The highest BCUT2D eigenvalue weighted by molar-refractivity contribution is 14.1. The Morgan fingerprint density at radius 1 is 1.50 bits per heavy atom. The number of benzene rings is 1. The molecular formula is C10H11FINO. The SMILES string of the molecule is Fc1ccc(I)cc1[C@@H]1COCCN1. The van der Waals surface area contributed by atoms with Crippen molar-refractivity contribution in [3.05, 3.63) is 33.1 Å². The van der Waals surface area contributed by atoms with Crippen LogP contribution in [0.3, 0.4) is 0 Å². The van der Waals surface area contributed by atoms with Gasteiger partial charge in [0.15, 0.2) is 0 Å². The second-order valence-corrected chi connectivity index (χ2v) is 4.49. The van der Waals surface area contributed by atoms with Crippen molar-refractivity contribution in [3.8, 4) is 0 Å². The summed E-state index contributed by atoms with van der Waals surface area (Å²) in [6.45, 7) is 2.05. The Morgan fingerprint density at radius 3 is 3.07 bits per heavy atom. The first-order valence-electron chi connectivity index (χ1n) is 4.53. The fourth-order valence-corrected chi connectivity index (χ4v) is 2.06. The van der Waals surface area contributed by atoms with Gasteiger partial charge in [0.2, 0.25) is 0 Å². The zero-order valence-corrected chi connectivity index (χ0v) is 9.75. The number of nitrogens with one attached hydrogen (secondary N) is 1. The Bertz CT molecular complexity index is 326. The molecule has 76 valence electrons. The van der Waals surface area contributed by atoms with Crippen LogP contribution in [0.25, 0.3) is 0 Å². The van der Waals surface area contributed by atoms with Crippen molar-refractivity contribution in [2.75, 3.05) is 19.8 Å². The lowest BCUT2D eigenvalue weighted by molar-refractivity contribution is 0.0757. The van der Waals surface area contributed by atoms with Crippen LogP contribution in [-0.2, 0) is 4.74 Å². The van der Waals surface area contributed by atoms with Crippen molar-refractivity contribution in [1.29, 1.82) is 0 Å². The van der Waals surface area contributed by atoms with E-state index >= 15 is 0 Å². The minimum Gasteiger partial charge on any atom is -0.378 e. The Balaban J connectivity index is 2.24. The number of hydrogen-bond acceptors (Lipinski definition) is 2. The first-order valence-corrected chi connectivity index (χ1v) is 5.61. The third-order valence-electron chi connectivity index (χ3n) is 2.26. The van der Waals surface area contributed by atoms with E-state index in [4.69, 9.17) is 4.74 Å². The molecule has 1 aliphatic rings. The van der Waals surface area contributed by atoms with Gasteiger partial charge in [0.25, 0.3) is 0 Å². The molecule has 0 saturated carbocycles. The van der Waals surface area contributed by atoms with E-state index in [0.29, 0.717) is 18.8 Å². The van der Waals surface area contributed by atoms with Gasteiger partial charge in [-0.05, 0) is 40.8 Å². The van der Waals surface area contributed by atoms with Crippen LogP contribution in [0.2, 0.25) is 0 Å². The molecule has 0 radical (unpaired) electrons. The summed E-state index contributed by atoms with van der Waals surface area (Å²) in [7, 11) is 0. The van der Waals surface area contributed by atoms with Gasteiger partial charge in [-0.1, -0.05) is 0 Å². The van der Waals surface area contributed by atoms with Gasteiger partial charge in [0.1, 0.15) is 5.82 Å². The molecular weight excluding hydrogens is 296 g/mol. The summed E-state index contributed by atoms with van der Waals surface area (Å²) in [5.74, 6) is -0.159. The number of hydrogen-bond donors (Lipinski definition) is 1. The minimum absolute atomic E-state index is 0.00142. The number of rotatable bonds is 1. The predicted molar refractivity (Wildman–Crippen MR) is 60.7 cm³/mol. The zero-order valence-electron chi connectivity index (χ0n) is 7.59. The average Bonchev–Trinajstić information content (AvgIpc) is 2.23. The second-order valence-electron chi connectivity index (χ2n) is 3.25. The molecule has 2 nitrogen and oxygen atoms in total. The molecule has 14 heavy (non-hydrogen) atoms. The van der Waals surface area contributed by atoms with Crippen LogP contribution in [0.15, 0.2) is 18.2 Å². The molecule has 1 aromatic carbocycles. The van der Waals surface area contributed by atoms with Crippen LogP contribution in [0.1, 0.15) is 11.6 Å². The number of halogens is 2. The van der Waals surface area contributed by atoms with E-state index in [-0.39, 0.29) is 11.9 Å². The third kappa shape index (κ3) is 2.24. The molecule has 0 spiro atoms. The van der Waals surface area contributed by atoms with Crippen molar-refractivity contribution >= 4 is 22.6 Å². The summed E-state index contributed by atoms with van der Waals surface area (Å²) < 4.78 is 19.8. The highest BCUT2D eigenvalue weighted by atomic mass is 127. The molecule has 2 rings (SSSR count). The quantitative estimate of drug-likeness (QED) is 0.802. The first-order chi connectivity index (χ1) is 6.77. The van der Waals surface area contributed by atoms with E-state index in [1.54, 1.807) is 6.07 Å². The van der Waals surface area contributed by atoms with Gasteiger partial charge < -0.3 is 10.1 Å². The molecule has 0 amide bonds. The standard InChI is InChI=1S/C10H11FINO/c11-9-2-1-7(12)5-8(9)10-6-14-4-3-13-10/h1-2,5,10,13H,3-4,6H2/t10-/m0/s1. The monoisotopic (exact) mass is 307 g/mol. The maximum Gasteiger partial charge on any atom is 0.128 e. The van der Waals surface area contributed by atoms with Crippen LogP contribution in [0, 0.1) is 9.39 Å². The average molecular weight is 307 g/mol. The molecule has 0 bridgehead atoms. The van der Waals surface area contributed by atoms with Crippen molar-refractivity contribution in [3.63, 3.8) is 0 Å². The third-order valence-corrected chi connectivity index (χ3v) is 2.93. The number of morpholine rings is 1. The van der Waals surface area contributed by atoms with E-state index in [1.807, 2.05) is 6.07 Å². The fourth-order valence-electron chi connectivity index (χ4n) is 1.55. The summed E-state index contributed by atoms with van der Waals surface area (Å²) in [6.07, 6.45) is 0. The highest BCUT2D eigenvalue weighted by Crippen LogP contribution is 2.21. The lowest BCUT2D eigenvalue weighted by Crippen LogP contribution is -2.35. The Kier molecular flexibility index (Phi) is 3.35. The summed E-state index contributed by atoms with van der Waals surface area (Å²) in [5.41, 5.74) is 0.705. The Hall–Kier alpha value is -0.200. The minimum atomic E-state index is -0.159. The summed E-state index contributed by atoms with van der Waals surface area (Å²) >= 11 is 2.18.